The molecule has 2 rings (SSSR count). The molecule has 2 heterocycles. The monoisotopic (exact) mass is 560 g/mol. The number of alkyl halides is 20. The van der Waals surface area contributed by atoms with Gasteiger partial charge in [-0.3, -0.25) is 0 Å². The summed E-state index contributed by atoms with van der Waals surface area (Å²) >= 11 is 0. The Morgan fingerprint density at radius 2 is 0.500 bits per heavy atom. The first kappa shape index (κ1) is 28.7. The third-order valence-electron chi connectivity index (χ3n) is 3.96. The molecule has 2 aliphatic rings. The van der Waals surface area contributed by atoms with Crippen LogP contribution in [-0.4, -0.2) is 70.5 Å². The zero-order chi connectivity index (χ0) is 27.6. The third kappa shape index (κ3) is 3.16. The molecule has 0 saturated carbocycles. The van der Waals surface area contributed by atoms with Gasteiger partial charge in [0, 0.05) is 0 Å². The Labute approximate surface area is 169 Å². The quantitative estimate of drug-likeness (QED) is 0.333. The van der Waals surface area contributed by atoms with Gasteiger partial charge in [0.15, 0.2) is 0 Å². The highest BCUT2D eigenvalue weighted by Crippen LogP contribution is 2.65. The van der Waals surface area contributed by atoms with E-state index in [4.69, 9.17) is 0 Å². The normalized spacial score (nSPS) is 31.8. The van der Waals surface area contributed by atoms with Crippen molar-refractivity contribution in [3.8, 4) is 0 Å². The minimum Gasteiger partial charge on any atom is -0.243 e. The summed E-state index contributed by atoms with van der Waals surface area (Å²) in [6, 6.07) is -48.8. The lowest BCUT2D eigenvalue weighted by molar-refractivity contribution is -0.622. The van der Waals surface area contributed by atoms with Crippen LogP contribution in [0.3, 0.4) is 0 Å². The summed E-state index contributed by atoms with van der Waals surface area (Å²) in [5.74, 6) is 0. The second-order valence-corrected chi connectivity index (χ2v) is 6.19. The highest BCUT2D eigenvalue weighted by molar-refractivity contribution is 5.06. The van der Waals surface area contributed by atoms with Gasteiger partial charge in [-0.15, -0.1) is 0 Å². The summed E-state index contributed by atoms with van der Waals surface area (Å²) in [7, 11) is 0. The van der Waals surface area contributed by atoms with E-state index in [1.165, 1.54) is 0 Å². The Kier molecular flexibility index (Phi) is 5.57. The second-order valence-electron chi connectivity index (χ2n) is 6.19. The molecule has 34 heavy (non-hydrogen) atoms. The molecule has 0 aromatic heterocycles. The Morgan fingerprint density at radius 3 is 0.647 bits per heavy atom. The smallest absolute Gasteiger partial charge is 0.243 e. The summed E-state index contributed by atoms with van der Waals surface area (Å²) < 4.78 is 271. The van der Waals surface area contributed by atoms with E-state index in [1.807, 2.05) is 0 Å². The SMILES string of the molecule is FC1(F)OC(F)(F)C(F)(F)N(C(F)(F)C(F)(F)N2C(F)(F)C(F)(F)OC(F)(F)C2(F)F)C1(F)F. The maximum absolute atomic E-state index is 14.0. The Hall–Kier alpha value is -1.56. The van der Waals surface area contributed by atoms with Gasteiger partial charge in [-0.1, -0.05) is 9.80 Å². The number of hydrogen-bond acceptors (Lipinski definition) is 4. The van der Waals surface area contributed by atoms with Crippen molar-refractivity contribution in [1.82, 2.24) is 9.80 Å². The van der Waals surface area contributed by atoms with E-state index in [2.05, 4.69) is 0 Å². The molecule has 202 valence electrons. The van der Waals surface area contributed by atoms with E-state index >= 15 is 0 Å². The molecule has 24 heteroatoms. The number of morpholine rings is 2. The van der Waals surface area contributed by atoms with Crippen LogP contribution >= 0.6 is 0 Å². The van der Waals surface area contributed by atoms with Gasteiger partial charge in [0.2, 0.25) is 0 Å². The maximum Gasteiger partial charge on any atom is 0.439 e. The van der Waals surface area contributed by atoms with Crippen LogP contribution in [0, 0.1) is 0 Å². The second kappa shape index (κ2) is 6.60. The lowest BCUT2D eigenvalue weighted by atomic mass is 10.1. The summed E-state index contributed by atoms with van der Waals surface area (Å²) in [6.07, 6.45) is -29.5. The van der Waals surface area contributed by atoms with Gasteiger partial charge in [0.25, 0.3) is 0 Å². The Morgan fingerprint density at radius 1 is 0.353 bits per heavy atom. The summed E-state index contributed by atoms with van der Waals surface area (Å²) in [5, 5.41) is 0. The summed E-state index contributed by atoms with van der Waals surface area (Å²) in [4.78, 5) is -9.23. The molecular formula is C10F20N2O2. The minimum atomic E-state index is -8.65. The molecule has 0 bridgehead atoms. The van der Waals surface area contributed by atoms with Crippen molar-refractivity contribution in [2.45, 2.75) is 60.7 Å². The van der Waals surface area contributed by atoms with E-state index in [0.29, 0.717) is 0 Å². The van der Waals surface area contributed by atoms with Crippen LogP contribution in [0.2, 0.25) is 0 Å². The average molecular weight is 560 g/mol. The first-order chi connectivity index (χ1) is 14.4. The van der Waals surface area contributed by atoms with Crippen LogP contribution in [0.15, 0.2) is 0 Å². The van der Waals surface area contributed by atoms with Crippen LogP contribution in [0.4, 0.5) is 87.8 Å². The molecule has 2 saturated heterocycles. The Balaban J connectivity index is 2.88. The zero-order valence-electron chi connectivity index (χ0n) is 14.3. The van der Waals surface area contributed by atoms with Crippen molar-refractivity contribution in [3.63, 3.8) is 0 Å². The number of halogens is 20. The standard InChI is InChI=1S/C10F20N2O2/c11-1(12,31-3(15,16)7(23,24)33-8(25,26)4(31,17)18)2(13,14)32-5(19,20)9(27,28)34-10(29,30)6(32,21)22. The van der Waals surface area contributed by atoms with Crippen LogP contribution in [0.25, 0.3) is 0 Å². The van der Waals surface area contributed by atoms with E-state index < -0.39 is 70.5 Å². The molecule has 0 radical (unpaired) electrons. The fraction of sp³-hybridized carbons (Fsp3) is 1.00. The van der Waals surface area contributed by atoms with E-state index in [-0.39, 0.29) is 0 Å². The van der Waals surface area contributed by atoms with E-state index in [1.54, 1.807) is 9.47 Å². The Bertz CT molecular complexity index is 717. The zero-order valence-corrected chi connectivity index (χ0v) is 14.3. The summed E-state index contributed by atoms with van der Waals surface area (Å²) in [6.45, 7) is 0. The van der Waals surface area contributed by atoms with Gasteiger partial charge in [-0.25, -0.2) is 9.47 Å². The lowest BCUT2D eigenvalue weighted by Gasteiger charge is -2.54. The molecule has 0 aromatic rings. The third-order valence-corrected chi connectivity index (χ3v) is 3.96. The minimum absolute atomic E-state index is 1.57. The van der Waals surface area contributed by atoms with Gasteiger partial charge >= 0.3 is 60.7 Å². The van der Waals surface area contributed by atoms with Crippen molar-refractivity contribution in [3.05, 3.63) is 0 Å². The van der Waals surface area contributed by atoms with Gasteiger partial charge in [0.1, 0.15) is 0 Å². The van der Waals surface area contributed by atoms with Gasteiger partial charge in [-0.05, 0) is 0 Å². The average Bonchev–Trinajstić information content (AvgIpc) is 2.47. The topological polar surface area (TPSA) is 24.9 Å². The van der Waals surface area contributed by atoms with Crippen molar-refractivity contribution < 1.29 is 97.3 Å². The summed E-state index contributed by atoms with van der Waals surface area (Å²) in [5.41, 5.74) is 0. The van der Waals surface area contributed by atoms with Crippen molar-refractivity contribution in [1.29, 1.82) is 0 Å². The van der Waals surface area contributed by atoms with E-state index in [9.17, 15) is 87.8 Å². The van der Waals surface area contributed by atoms with Gasteiger partial charge in [0.05, 0.1) is 0 Å². The highest BCUT2D eigenvalue weighted by atomic mass is 19.4. The predicted molar refractivity (Wildman–Crippen MR) is 55.3 cm³/mol. The van der Waals surface area contributed by atoms with Crippen LogP contribution in [0.5, 0.6) is 0 Å². The molecule has 2 aliphatic heterocycles. The highest BCUT2D eigenvalue weighted by Gasteiger charge is 2.95. The molecule has 0 spiro atoms. The number of rotatable bonds is 3. The largest absolute Gasteiger partial charge is 0.439 e. The van der Waals surface area contributed by atoms with Crippen molar-refractivity contribution in [2.24, 2.45) is 0 Å². The molecule has 0 aliphatic carbocycles. The first-order valence-electron chi connectivity index (χ1n) is 7.19. The van der Waals surface area contributed by atoms with E-state index in [0.717, 1.165) is 0 Å². The lowest BCUT2D eigenvalue weighted by Crippen LogP contribution is -2.85. The molecule has 0 N–H and O–H groups in total. The number of hydrogen-bond donors (Lipinski definition) is 0. The number of nitrogens with zero attached hydrogens (tertiary/aromatic N) is 2. The predicted octanol–water partition coefficient (Wildman–Crippen LogP) is 5.58. The molecule has 0 unspecified atom stereocenters. The van der Waals surface area contributed by atoms with Crippen molar-refractivity contribution >= 4 is 0 Å². The fourth-order valence-corrected chi connectivity index (χ4v) is 2.42. The van der Waals surface area contributed by atoms with Gasteiger partial charge < -0.3 is 0 Å². The first-order valence-corrected chi connectivity index (χ1v) is 7.19. The molecule has 0 atom stereocenters. The maximum atomic E-state index is 14.0. The molecule has 2 fully saturated rings. The van der Waals surface area contributed by atoms with Gasteiger partial charge in [-0.2, -0.15) is 87.8 Å². The molecule has 0 amide bonds. The van der Waals surface area contributed by atoms with Crippen molar-refractivity contribution in [2.75, 3.05) is 0 Å². The molecule has 0 aromatic carbocycles. The number of ether oxygens (including phenoxy) is 2. The van der Waals surface area contributed by atoms with Crippen LogP contribution in [0.1, 0.15) is 0 Å². The molecule has 4 nitrogen and oxygen atoms in total. The van der Waals surface area contributed by atoms with Crippen LogP contribution < -0.4 is 0 Å². The fourth-order valence-electron chi connectivity index (χ4n) is 2.42. The molecular weight excluding hydrogens is 560 g/mol. The van der Waals surface area contributed by atoms with Crippen LogP contribution in [-0.2, 0) is 9.47 Å².